The predicted molar refractivity (Wildman–Crippen MR) is 197 cm³/mol. The number of furan rings is 1. The van der Waals surface area contributed by atoms with Gasteiger partial charge in [0.1, 0.15) is 11.2 Å². The molecule has 0 saturated heterocycles. The van der Waals surface area contributed by atoms with E-state index >= 15 is 0 Å². The molecule has 226 valence electrons. The molecule has 0 unspecified atom stereocenters. The maximum atomic E-state index is 10.6. The number of nitriles is 2. The third-order valence-electron chi connectivity index (χ3n) is 9.81. The molecule has 10 rings (SSSR count). The van der Waals surface area contributed by atoms with E-state index in [1.807, 2.05) is 78.9 Å². The Morgan fingerprint density at radius 2 is 0.918 bits per heavy atom. The molecule has 10 aromatic rings. The number of para-hydroxylation sites is 4. The fourth-order valence-corrected chi connectivity index (χ4v) is 7.73. The Balaban J connectivity index is 1.18. The van der Waals surface area contributed by atoms with Crippen LogP contribution in [0.2, 0.25) is 0 Å². The normalized spacial score (nSPS) is 11.6. The van der Waals surface area contributed by atoms with Gasteiger partial charge in [-0.3, -0.25) is 0 Å². The first-order valence-corrected chi connectivity index (χ1v) is 16.1. The monoisotopic (exact) mass is 624 g/mol. The van der Waals surface area contributed by atoms with Crippen molar-refractivity contribution in [3.63, 3.8) is 0 Å². The first-order chi connectivity index (χ1) is 24.2. The van der Waals surface area contributed by atoms with Crippen molar-refractivity contribution in [3.8, 4) is 34.6 Å². The van der Waals surface area contributed by atoms with Gasteiger partial charge in [-0.15, -0.1) is 0 Å². The second-order valence-electron chi connectivity index (χ2n) is 12.3. The minimum absolute atomic E-state index is 0.494. The van der Waals surface area contributed by atoms with Crippen LogP contribution in [0, 0.1) is 22.7 Å². The number of hydrogen-bond donors (Lipinski definition) is 0. The Bertz CT molecular complexity index is 3030. The third-order valence-corrected chi connectivity index (χ3v) is 9.81. The zero-order valence-corrected chi connectivity index (χ0v) is 26.1. The maximum Gasteiger partial charge on any atom is 0.137 e. The number of nitrogens with zero attached hydrogens (tertiary/aromatic N) is 4. The van der Waals surface area contributed by atoms with Gasteiger partial charge in [-0.2, -0.15) is 10.5 Å². The fraction of sp³-hybridized carbons (Fsp3) is 0. The number of fused-ring (bicyclic) bond motifs is 10. The molecule has 7 aromatic carbocycles. The fourth-order valence-electron chi connectivity index (χ4n) is 7.73. The Kier molecular flexibility index (Phi) is 5.64. The highest BCUT2D eigenvalue weighted by atomic mass is 16.3. The van der Waals surface area contributed by atoms with Crippen molar-refractivity contribution in [1.82, 2.24) is 9.13 Å². The first kappa shape index (κ1) is 27.1. The van der Waals surface area contributed by atoms with Gasteiger partial charge in [-0.25, -0.2) is 0 Å². The van der Waals surface area contributed by atoms with Crippen LogP contribution < -0.4 is 0 Å². The molecule has 0 spiro atoms. The van der Waals surface area contributed by atoms with Gasteiger partial charge in [0.2, 0.25) is 0 Å². The lowest BCUT2D eigenvalue weighted by atomic mass is 9.95. The summed E-state index contributed by atoms with van der Waals surface area (Å²) in [6.07, 6.45) is 0. The standard InChI is InChI=1S/C44H24N4O/c45-25-27-23-29(47-38-13-5-1-9-33(38)34-10-2-6-14-39(34)47)17-19-31(27)32-20-18-30(24-28(32)26-46)48-40-15-7-3-11-35(40)36-21-22-42-43(44(36)48)37-12-4-8-16-41(37)49-42/h1-24H. The Morgan fingerprint density at radius 1 is 0.429 bits per heavy atom. The molecule has 0 radical (unpaired) electrons. The highest BCUT2D eigenvalue weighted by Crippen LogP contribution is 2.42. The molecule has 0 saturated carbocycles. The Morgan fingerprint density at radius 3 is 1.51 bits per heavy atom. The molecule has 0 aliphatic rings. The van der Waals surface area contributed by atoms with Gasteiger partial charge in [0.15, 0.2) is 0 Å². The highest BCUT2D eigenvalue weighted by Gasteiger charge is 2.21. The molecular weight excluding hydrogens is 601 g/mol. The van der Waals surface area contributed by atoms with E-state index < -0.39 is 0 Å². The molecule has 0 bridgehead atoms. The largest absolute Gasteiger partial charge is 0.456 e. The van der Waals surface area contributed by atoms with E-state index in [0.717, 1.165) is 88.1 Å². The van der Waals surface area contributed by atoms with E-state index in [2.05, 4.69) is 88.0 Å². The van der Waals surface area contributed by atoms with Gasteiger partial charge in [0.05, 0.1) is 50.7 Å². The van der Waals surface area contributed by atoms with Crippen LogP contribution in [0.3, 0.4) is 0 Å². The quantitative estimate of drug-likeness (QED) is 0.196. The number of rotatable bonds is 3. The van der Waals surface area contributed by atoms with Crippen LogP contribution in [-0.4, -0.2) is 9.13 Å². The van der Waals surface area contributed by atoms with Crippen molar-refractivity contribution >= 4 is 65.6 Å². The number of aromatic nitrogens is 2. The summed E-state index contributed by atoms with van der Waals surface area (Å²) in [7, 11) is 0. The number of hydrogen-bond acceptors (Lipinski definition) is 3. The van der Waals surface area contributed by atoms with Crippen molar-refractivity contribution in [3.05, 3.63) is 157 Å². The van der Waals surface area contributed by atoms with Crippen LogP contribution in [-0.2, 0) is 0 Å². The van der Waals surface area contributed by atoms with Gasteiger partial charge < -0.3 is 13.6 Å². The molecular formula is C44H24N4O. The molecule has 3 heterocycles. The van der Waals surface area contributed by atoms with Gasteiger partial charge >= 0.3 is 0 Å². The summed E-state index contributed by atoms with van der Waals surface area (Å²) in [6, 6.07) is 54.0. The summed E-state index contributed by atoms with van der Waals surface area (Å²) >= 11 is 0. The summed E-state index contributed by atoms with van der Waals surface area (Å²) in [4.78, 5) is 0. The van der Waals surface area contributed by atoms with Gasteiger partial charge in [-0.05, 0) is 60.7 Å². The molecule has 5 heteroatoms. The van der Waals surface area contributed by atoms with E-state index in [-0.39, 0.29) is 0 Å². The van der Waals surface area contributed by atoms with Gasteiger partial charge in [0, 0.05) is 49.4 Å². The molecule has 0 amide bonds. The third kappa shape index (κ3) is 3.79. The van der Waals surface area contributed by atoms with Crippen molar-refractivity contribution in [1.29, 1.82) is 10.5 Å². The summed E-state index contributed by atoms with van der Waals surface area (Å²) < 4.78 is 10.7. The molecule has 3 aromatic heterocycles. The Hall–Kier alpha value is -7.08. The van der Waals surface area contributed by atoms with Gasteiger partial charge in [-0.1, -0.05) is 84.9 Å². The average Bonchev–Trinajstić information content (AvgIpc) is 3.82. The van der Waals surface area contributed by atoms with Crippen molar-refractivity contribution in [2.45, 2.75) is 0 Å². The smallest absolute Gasteiger partial charge is 0.137 e. The molecule has 5 nitrogen and oxygen atoms in total. The summed E-state index contributed by atoms with van der Waals surface area (Å²) in [5.41, 5.74) is 10.1. The molecule has 0 aliphatic carbocycles. The topological polar surface area (TPSA) is 70.6 Å². The van der Waals surface area contributed by atoms with Crippen LogP contribution in [0.25, 0.3) is 88.1 Å². The first-order valence-electron chi connectivity index (χ1n) is 16.1. The van der Waals surface area contributed by atoms with Crippen LogP contribution in [0.5, 0.6) is 0 Å². The molecule has 0 N–H and O–H groups in total. The second kappa shape index (κ2) is 10.2. The van der Waals surface area contributed by atoms with E-state index in [0.29, 0.717) is 11.1 Å². The van der Waals surface area contributed by atoms with Crippen LogP contribution in [0.15, 0.2) is 150 Å². The molecule has 49 heavy (non-hydrogen) atoms. The lowest BCUT2D eigenvalue weighted by Gasteiger charge is -2.14. The van der Waals surface area contributed by atoms with E-state index in [4.69, 9.17) is 4.42 Å². The van der Waals surface area contributed by atoms with Crippen LogP contribution >= 0.6 is 0 Å². The maximum absolute atomic E-state index is 10.6. The highest BCUT2D eigenvalue weighted by molar-refractivity contribution is 6.24. The van der Waals surface area contributed by atoms with Gasteiger partial charge in [0.25, 0.3) is 0 Å². The summed E-state index contributed by atoms with van der Waals surface area (Å²) in [5.74, 6) is 0. The lowest BCUT2D eigenvalue weighted by molar-refractivity contribution is 0.669. The second-order valence-corrected chi connectivity index (χ2v) is 12.3. The predicted octanol–water partition coefficient (Wildman–Crippen LogP) is 11.2. The number of benzene rings is 7. The summed E-state index contributed by atoms with van der Waals surface area (Å²) in [6.45, 7) is 0. The zero-order chi connectivity index (χ0) is 32.6. The Labute approximate surface area is 280 Å². The van der Waals surface area contributed by atoms with E-state index in [9.17, 15) is 10.5 Å². The molecule has 0 aliphatic heterocycles. The summed E-state index contributed by atoms with van der Waals surface area (Å²) in [5, 5.41) is 27.6. The minimum Gasteiger partial charge on any atom is -0.456 e. The zero-order valence-electron chi connectivity index (χ0n) is 26.1. The molecule has 0 fully saturated rings. The van der Waals surface area contributed by atoms with Crippen molar-refractivity contribution in [2.24, 2.45) is 0 Å². The van der Waals surface area contributed by atoms with E-state index in [1.54, 1.807) is 0 Å². The SMILES string of the molecule is N#Cc1cc(-n2c3ccccc3c3ccccc32)ccc1-c1ccc(-n2c3ccccc3c3ccc4oc5ccccc5c4c32)cc1C#N. The molecule has 0 atom stereocenters. The van der Waals surface area contributed by atoms with E-state index in [1.165, 1.54) is 0 Å². The van der Waals surface area contributed by atoms with Crippen molar-refractivity contribution in [2.75, 3.05) is 0 Å². The van der Waals surface area contributed by atoms with Crippen molar-refractivity contribution < 1.29 is 4.42 Å². The van der Waals surface area contributed by atoms with Crippen LogP contribution in [0.1, 0.15) is 11.1 Å². The van der Waals surface area contributed by atoms with Crippen LogP contribution in [0.4, 0.5) is 0 Å². The lowest BCUT2D eigenvalue weighted by Crippen LogP contribution is -1.98. The minimum atomic E-state index is 0.494. The average molecular weight is 625 g/mol.